The van der Waals surface area contributed by atoms with Crippen LogP contribution in [0.2, 0.25) is 0 Å². The number of hydrogen-bond acceptors (Lipinski definition) is 8. The normalized spacial score (nSPS) is 17.2. The first kappa shape index (κ1) is 35.5. The third-order valence-electron chi connectivity index (χ3n) is 7.70. The molecule has 3 aromatic rings. The molecular formula is C32H37F3N4O7S. The second-order valence-corrected chi connectivity index (χ2v) is 13.2. The van der Waals surface area contributed by atoms with Gasteiger partial charge < -0.3 is 25.6 Å². The summed E-state index contributed by atoms with van der Waals surface area (Å²) in [5.74, 6) is -1.28. The van der Waals surface area contributed by atoms with Gasteiger partial charge in [-0.05, 0) is 66.4 Å². The molecule has 4 rings (SSSR count). The number of sulfonamides is 1. The van der Waals surface area contributed by atoms with Crippen molar-refractivity contribution in [1.29, 1.82) is 0 Å². The van der Waals surface area contributed by atoms with Gasteiger partial charge in [-0.2, -0.15) is 4.31 Å². The number of cyclic esters (lactones) is 1. The summed E-state index contributed by atoms with van der Waals surface area (Å²) >= 11 is 0. The number of aliphatic hydroxyl groups is 1. The summed E-state index contributed by atoms with van der Waals surface area (Å²) in [7, 11) is -4.07. The van der Waals surface area contributed by atoms with Crippen molar-refractivity contribution in [3.8, 4) is 5.75 Å². The average molecular weight is 679 g/mol. The molecule has 0 spiro atoms. The van der Waals surface area contributed by atoms with Crippen LogP contribution in [0.15, 0.2) is 83.8 Å². The summed E-state index contributed by atoms with van der Waals surface area (Å²) in [6, 6.07) is 18.2. The first-order valence-electron chi connectivity index (χ1n) is 14.9. The minimum atomic E-state index is -4.89. The van der Waals surface area contributed by atoms with E-state index in [2.05, 4.69) is 10.1 Å². The third kappa shape index (κ3) is 9.59. The van der Waals surface area contributed by atoms with E-state index in [-0.39, 0.29) is 42.6 Å². The minimum Gasteiger partial charge on any atom is -0.434 e. The Hall–Kier alpha value is -4.34. The maximum Gasteiger partial charge on any atom is 0.573 e. The number of amides is 2. The highest BCUT2D eigenvalue weighted by atomic mass is 32.2. The topological polar surface area (TPSA) is 152 Å². The van der Waals surface area contributed by atoms with Crippen molar-refractivity contribution in [3.05, 3.63) is 84.4 Å². The van der Waals surface area contributed by atoms with Crippen molar-refractivity contribution in [2.75, 3.05) is 30.3 Å². The molecule has 0 aliphatic carbocycles. The average Bonchev–Trinajstić information content (AvgIpc) is 3.42. The number of anilines is 2. The number of aliphatic hydroxyl groups excluding tert-OH is 1. The Morgan fingerprint density at radius 1 is 1.09 bits per heavy atom. The molecule has 15 heteroatoms. The molecule has 4 N–H and O–H groups in total. The van der Waals surface area contributed by atoms with Gasteiger partial charge in [0.2, 0.25) is 10.0 Å². The maximum absolute atomic E-state index is 13.7. The molecule has 254 valence electrons. The molecule has 0 radical (unpaired) electrons. The van der Waals surface area contributed by atoms with E-state index in [1.165, 1.54) is 40.7 Å². The number of hydrogen-bond donors (Lipinski definition) is 3. The summed E-state index contributed by atoms with van der Waals surface area (Å²) in [6.07, 6.45) is -7.70. The van der Waals surface area contributed by atoms with E-state index in [0.717, 1.165) is 22.6 Å². The Balaban J connectivity index is 1.53. The van der Waals surface area contributed by atoms with E-state index in [0.29, 0.717) is 12.1 Å². The van der Waals surface area contributed by atoms with Gasteiger partial charge in [-0.15, -0.1) is 13.2 Å². The summed E-state index contributed by atoms with van der Waals surface area (Å²) in [6.45, 7) is 3.30. The number of rotatable bonds is 14. The van der Waals surface area contributed by atoms with Gasteiger partial charge in [0, 0.05) is 24.5 Å². The van der Waals surface area contributed by atoms with Crippen LogP contribution in [0.4, 0.5) is 29.3 Å². The fraction of sp³-hybridized carbons (Fsp3) is 0.375. The second-order valence-electron chi connectivity index (χ2n) is 11.3. The Morgan fingerprint density at radius 3 is 2.32 bits per heavy atom. The third-order valence-corrected chi connectivity index (χ3v) is 9.54. The van der Waals surface area contributed by atoms with Crippen LogP contribution < -0.4 is 20.7 Å². The van der Waals surface area contributed by atoms with E-state index in [9.17, 15) is 36.3 Å². The standard InChI is InChI=1S/C32H37F3N4O7S/c1-3-21(2)18-38(47(43,44)26-15-9-23(36)10-16-26)19-28(40)27(17-22-7-5-4-6-8-22)37-30(41)29-20-39(31(42)45-29)24-11-13-25(14-12-24)46-32(33,34)35/h4-16,21,27-29,40H,3,17-20,36H2,1-2H3,(H,37,41)/t21-,27-,28+,29-/m0/s1. The first-order chi connectivity index (χ1) is 22.2. The zero-order valence-electron chi connectivity index (χ0n) is 25.8. The number of alkyl halides is 3. The fourth-order valence-electron chi connectivity index (χ4n) is 4.94. The van der Waals surface area contributed by atoms with Crippen LogP contribution in [0, 0.1) is 5.92 Å². The second kappa shape index (κ2) is 15.0. The van der Waals surface area contributed by atoms with Crippen molar-refractivity contribution in [2.24, 2.45) is 5.92 Å². The van der Waals surface area contributed by atoms with Crippen LogP contribution in [-0.2, 0) is 26.0 Å². The van der Waals surface area contributed by atoms with E-state index >= 15 is 0 Å². The lowest BCUT2D eigenvalue weighted by Crippen LogP contribution is -2.53. The van der Waals surface area contributed by atoms with Crippen LogP contribution >= 0.6 is 0 Å². The number of nitrogens with one attached hydrogen (secondary N) is 1. The van der Waals surface area contributed by atoms with Gasteiger partial charge in [-0.1, -0.05) is 50.6 Å². The Bertz CT molecular complexity index is 1610. The van der Waals surface area contributed by atoms with Crippen LogP contribution in [-0.4, -0.2) is 74.1 Å². The molecule has 3 aromatic carbocycles. The van der Waals surface area contributed by atoms with Crippen molar-refractivity contribution in [1.82, 2.24) is 9.62 Å². The van der Waals surface area contributed by atoms with E-state index < -0.39 is 52.4 Å². The monoisotopic (exact) mass is 678 g/mol. The van der Waals surface area contributed by atoms with E-state index in [1.807, 2.05) is 13.8 Å². The zero-order valence-corrected chi connectivity index (χ0v) is 26.6. The molecule has 0 saturated carbocycles. The van der Waals surface area contributed by atoms with Gasteiger partial charge in [-0.3, -0.25) is 9.69 Å². The van der Waals surface area contributed by atoms with Crippen molar-refractivity contribution >= 4 is 33.4 Å². The number of carbonyl (C=O) groups excluding carboxylic acids is 2. The Labute approximate surface area is 271 Å². The van der Waals surface area contributed by atoms with Crippen molar-refractivity contribution in [3.63, 3.8) is 0 Å². The first-order valence-corrected chi connectivity index (χ1v) is 16.3. The summed E-state index contributed by atoms with van der Waals surface area (Å²) < 4.78 is 75.3. The van der Waals surface area contributed by atoms with Gasteiger partial charge >= 0.3 is 12.5 Å². The van der Waals surface area contributed by atoms with Gasteiger partial charge in [0.1, 0.15) is 5.75 Å². The lowest BCUT2D eigenvalue weighted by molar-refractivity contribution is -0.274. The Morgan fingerprint density at radius 2 is 1.72 bits per heavy atom. The van der Waals surface area contributed by atoms with Crippen LogP contribution in [0.5, 0.6) is 5.75 Å². The number of nitrogens with zero attached hydrogens (tertiary/aromatic N) is 2. The highest BCUT2D eigenvalue weighted by Gasteiger charge is 2.39. The lowest BCUT2D eigenvalue weighted by Gasteiger charge is -2.31. The highest BCUT2D eigenvalue weighted by Crippen LogP contribution is 2.28. The Kier molecular flexibility index (Phi) is 11.4. The predicted molar refractivity (Wildman–Crippen MR) is 168 cm³/mol. The highest BCUT2D eigenvalue weighted by molar-refractivity contribution is 7.89. The maximum atomic E-state index is 13.7. The van der Waals surface area contributed by atoms with Crippen LogP contribution in [0.3, 0.4) is 0 Å². The van der Waals surface area contributed by atoms with Crippen LogP contribution in [0.1, 0.15) is 25.8 Å². The van der Waals surface area contributed by atoms with Gasteiger partial charge in [0.25, 0.3) is 5.91 Å². The molecule has 0 bridgehead atoms. The molecule has 0 unspecified atom stereocenters. The molecule has 2 amide bonds. The fourth-order valence-corrected chi connectivity index (χ4v) is 6.52. The molecule has 0 aromatic heterocycles. The van der Waals surface area contributed by atoms with Crippen LogP contribution in [0.25, 0.3) is 0 Å². The predicted octanol–water partition coefficient (Wildman–Crippen LogP) is 4.32. The largest absolute Gasteiger partial charge is 0.573 e. The summed E-state index contributed by atoms with van der Waals surface area (Å²) in [5, 5.41) is 14.2. The number of nitrogen functional groups attached to an aromatic ring is 1. The molecule has 4 atom stereocenters. The number of carbonyl (C=O) groups is 2. The number of nitrogens with two attached hydrogens (primary N) is 1. The quantitative estimate of drug-likeness (QED) is 0.214. The molecule has 1 fully saturated rings. The minimum absolute atomic E-state index is 0.00167. The summed E-state index contributed by atoms with van der Waals surface area (Å²) in [5.41, 5.74) is 7.06. The summed E-state index contributed by atoms with van der Waals surface area (Å²) in [4.78, 5) is 27.1. The molecular weight excluding hydrogens is 641 g/mol. The smallest absolute Gasteiger partial charge is 0.434 e. The van der Waals surface area contributed by atoms with Crippen molar-refractivity contribution < 1.29 is 45.8 Å². The molecule has 11 nitrogen and oxygen atoms in total. The SMILES string of the molecule is CC[C@H](C)CN(C[C@@H](O)[C@H](Cc1ccccc1)NC(=O)[C@@H]1CN(c2ccc(OC(F)(F)F)cc2)C(=O)O1)S(=O)(=O)c1ccc(N)cc1. The van der Waals surface area contributed by atoms with Gasteiger partial charge in [-0.25, -0.2) is 13.2 Å². The van der Waals surface area contributed by atoms with E-state index in [4.69, 9.17) is 10.5 Å². The number of ether oxygens (including phenoxy) is 2. The zero-order chi connectivity index (χ0) is 34.4. The number of benzene rings is 3. The molecule has 1 heterocycles. The molecule has 1 aliphatic rings. The van der Waals surface area contributed by atoms with Gasteiger partial charge in [0.05, 0.1) is 23.6 Å². The van der Waals surface area contributed by atoms with Crippen molar-refractivity contribution in [2.45, 2.75) is 56.2 Å². The van der Waals surface area contributed by atoms with Gasteiger partial charge in [0.15, 0.2) is 6.10 Å². The van der Waals surface area contributed by atoms with E-state index in [1.54, 1.807) is 30.3 Å². The molecule has 1 saturated heterocycles. The molecule has 47 heavy (non-hydrogen) atoms. The lowest BCUT2D eigenvalue weighted by atomic mass is 10.0. The number of halogens is 3. The molecule has 1 aliphatic heterocycles.